The lowest BCUT2D eigenvalue weighted by Gasteiger charge is -2.40. The number of ether oxygens (including phenoxy) is 1. The summed E-state index contributed by atoms with van der Waals surface area (Å²) in [6, 6.07) is 3.36. The first-order valence-electron chi connectivity index (χ1n) is 6.54. The molecule has 3 nitrogen and oxygen atoms in total. The quantitative estimate of drug-likeness (QED) is 0.925. The van der Waals surface area contributed by atoms with Crippen LogP contribution in [0.5, 0.6) is 0 Å². The zero-order valence-electron chi connectivity index (χ0n) is 10.6. The maximum Gasteiger partial charge on any atom is 0.0902 e. The zero-order chi connectivity index (χ0) is 12.7. The smallest absolute Gasteiger partial charge is 0.0902 e. The molecule has 1 aliphatic heterocycles. The van der Waals surface area contributed by atoms with Gasteiger partial charge in [-0.1, -0.05) is 0 Å². The third kappa shape index (κ3) is 2.39. The summed E-state index contributed by atoms with van der Waals surface area (Å²) in [7, 11) is 0. The summed E-state index contributed by atoms with van der Waals surface area (Å²) >= 11 is 5.48. The fourth-order valence-electron chi connectivity index (χ4n) is 2.74. The van der Waals surface area contributed by atoms with E-state index in [1.807, 2.05) is 11.3 Å². The number of aryl methyl sites for hydroxylation is 1. The molecule has 1 saturated heterocycles. The first kappa shape index (κ1) is 13.1. The van der Waals surface area contributed by atoms with Crippen molar-refractivity contribution in [1.29, 1.82) is 0 Å². The van der Waals surface area contributed by atoms with Crippen molar-refractivity contribution < 1.29 is 4.74 Å². The third-order valence-electron chi connectivity index (χ3n) is 3.81. The molecule has 1 aromatic heterocycles. The minimum absolute atomic E-state index is 0.143. The van der Waals surface area contributed by atoms with Crippen LogP contribution in [0.25, 0.3) is 0 Å². The molecule has 2 aliphatic rings. The number of halogens is 1. The summed E-state index contributed by atoms with van der Waals surface area (Å²) in [5.74, 6) is 0. The molecule has 5 heteroatoms. The van der Waals surface area contributed by atoms with Crippen LogP contribution in [0.1, 0.15) is 28.6 Å². The lowest BCUT2D eigenvalue weighted by Crippen LogP contribution is -2.48. The molecule has 2 atom stereocenters. The van der Waals surface area contributed by atoms with E-state index in [0.717, 1.165) is 19.2 Å². The van der Waals surface area contributed by atoms with Crippen LogP contribution in [0.2, 0.25) is 0 Å². The van der Waals surface area contributed by atoms with E-state index < -0.39 is 0 Å². The Hall–Kier alpha value is 0.0600. The fraction of sp³-hybridized carbons (Fsp3) is 0.692. The molecule has 18 heavy (non-hydrogen) atoms. The highest BCUT2D eigenvalue weighted by molar-refractivity contribution is 9.10. The Morgan fingerprint density at radius 1 is 1.56 bits per heavy atom. The van der Waals surface area contributed by atoms with Crippen LogP contribution >= 0.6 is 27.3 Å². The Labute approximate surface area is 120 Å². The van der Waals surface area contributed by atoms with E-state index in [9.17, 15) is 0 Å². The molecule has 2 N–H and O–H groups in total. The summed E-state index contributed by atoms with van der Waals surface area (Å²) in [6.07, 6.45) is 2.81. The molecule has 2 fully saturated rings. The number of nitrogens with two attached hydrogens (primary N) is 1. The second-order valence-corrected chi connectivity index (χ2v) is 7.25. The molecule has 3 rings (SSSR count). The molecular weight excluding hydrogens is 312 g/mol. The van der Waals surface area contributed by atoms with Gasteiger partial charge in [-0.15, -0.1) is 11.3 Å². The topological polar surface area (TPSA) is 38.5 Å². The standard InChI is InChI=1S/C13H19BrN2OS/c1-8-10(14)6-12(18-8)13-11(7-15)17-5-4-16(13)9-2-3-9/h6,9,11,13H,2-5,7,15H2,1H3. The van der Waals surface area contributed by atoms with Gasteiger partial charge in [0.1, 0.15) is 0 Å². The van der Waals surface area contributed by atoms with E-state index in [0.29, 0.717) is 12.6 Å². The van der Waals surface area contributed by atoms with Gasteiger partial charge < -0.3 is 10.5 Å². The molecule has 100 valence electrons. The number of nitrogens with zero attached hydrogens (tertiary/aromatic N) is 1. The minimum Gasteiger partial charge on any atom is -0.374 e. The average molecular weight is 331 g/mol. The maximum atomic E-state index is 5.90. The van der Waals surface area contributed by atoms with Gasteiger partial charge in [0, 0.05) is 33.4 Å². The third-order valence-corrected chi connectivity index (χ3v) is 6.01. The van der Waals surface area contributed by atoms with Crippen molar-refractivity contribution in [3.05, 3.63) is 20.3 Å². The Kier molecular flexibility index (Phi) is 3.78. The van der Waals surface area contributed by atoms with Crippen LogP contribution in [0.4, 0.5) is 0 Å². The van der Waals surface area contributed by atoms with Gasteiger partial charge in [0.15, 0.2) is 0 Å². The molecule has 2 heterocycles. The largest absolute Gasteiger partial charge is 0.374 e. The van der Waals surface area contributed by atoms with Gasteiger partial charge in [-0.2, -0.15) is 0 Å². The number of thiophene rings is 1. The second kappa shape index (κ2) is 5.21. The predicted molar refractivity (Wildman–Crippen MR) is 78.0 cm³/mol. The van der Waals surface area contributed by atoms with Crippen molar-refractivity contribution in [2.24, 2.45) is 5.73 Å². The Balaban J connectivity index is 1.91. The van der Waals surface area contributed by atoms with E-state index in [-0.39, 0.29) is 6.10 Å². The van der Waals surface area contributed by atoms with E-state index in [4.69, 9.17) is 10.5 Å². The van der Waals surface area contributed by atoms with E-state index in [1.54, 1.807) is 0 Å². The van der Waals surface area contributed by atoms with Gasteiger partial charge in [0.2, 0.25) is 0 Å². The summed E-state index contributed by atoms with van der Waals surface area (Å²) in [5.41, 5.74) is 5.90. The Morgan fingerprint density at radius 3 is 2.89 bits per heavy atom. The molecule has 0 spiro atoms. The first-order chi connectivity index (χ1) is 8.70. The van der Waals surface area contributed by atoms with Crippen LogP contribution in [0, 0.1) is 6.92 Å². The highest BCUT2D eigenvalue weighted by Crippen LogP contribution is 2.42. The number of morpholine rings is 1. The van der Waals surface area contributed by atoms with E-state index in [2.05, 4.69) is 33.8 Å². The van der Waals surface area contributed by atoms with Crippen LogP contribution in [0.3, 0.4) is 0 Å². The van der Waals surface area contributed by atoms with Crippen LogP contribution in [-0.2, 0) is 4.74 Å². The fourth-order valence-corrected chi connectivity index (χ4v) is 4.48. The molecule has 0 radical (unpaired) electrons. The molecule has 0 amide bonds. The maximum absolute atomic E-state index is 5.90. The van der Waals surface area contributed by atoms with E-state index in [1.165, 1.54) is 27.1 Å². The van der Waals surface area contributed by atoms with Crippen molar-refractivity contribution in [3.63, 3.8) is 0 Å². The van der Waals surface area contributed by atoms with Gasteiger partial charge in [0.25, 0.3) is 0 Å². The molecule has 1 saturated carbocycles. The molecule has 2 unspecified atom stereocenters. The lowest BCUT2D eigenvalue weighted by atomic mass is 10.1. The second-order valence-electron chi connectivity index (χ2n) is 5.11. The van der Waals surface area contributed by atoms with Crippen molar-refractivity contribution in [3.8, 4) is 0 Å². The first-order valence-corrected chi connectivity index (χ1v) is 8.15. The van der Waals surface area contributed by atoms with Crippen LogP contribution in [-0.4, -0.2) is 36.7 Å². The SMILES string of the molecule is Cc1sc(C2C(CN)OCCN2C2CC2)cc1Br. The van der Waals surface area contributed by atoms with Gasteiger partial charge in [0.05, 0.1) is 18.8 Å². The van der Waals surface area contributed by atoms with Crippen LogP contribution < -0.4 is 5.73 Å². The number of rotatable bonds is 3. The number of hydrogen-bond donors (Lipinski definition) is 1. The van der Waals surface area contributed by atoms with Crippen LogP contribution in [0.15, 0.2) is 10.5 Å². The monoisotopic (exact) mass is 330 g/mol. The molecular formula is C13H19BrN2OS. The minimum atomic E-state index is 0.143. The van der Waals surface area contributed by atoms with Gasteiger partial charge in [-0.25, -0.2) is 0 Å². The average Bonchev–Trinajstić information content (AvgIpc) is 3.16. The summed E-state index contributed by atoms with van der Waals surface area (Å²) in [4.78, 5) is 5.34. The molecule has 0 aromatic carbocycles. The lowest BCUT2D eigenvalue weighted by molar-refractivity contribution is -0.0700. The predicted octanol–water partition coefficient (Wildman–Crippen LogP) is 2.68. The van der Waals surface area contributed by atoms with Gasteiger partial charge in [-0.3, -0.25) is 4.90 Å². The summed E-state index contributed by atoms with van der Waals surface area (Å²) in [5, 5.41) is 0. The van der Waals surface area contributed by atoms with Crippen molar-refractivity contribution >= 4 is 27.3 Å². The molecule has 1 aliphatic carbocycles. The highest BCUT2D eigenvalue weighted by atomic mass is 79.9. The zero-order valence-corrected chi connectivity index (χ0v) is 13.0. The van der Waals surface area contributed by atoms with Gasteiger partial charge in [-0.05, 0) is 41.8 Å². The molecule has 1 aromatic rings. The number of hydrogen-bond acceptors (Lipinski definition) is 4. The van der Waals surface area contributed by atoms with Crippen molar-refractivity contribution in [2.45, 2.75) is 38.0 Å². The normalized spacial score (nSPS) is 29.7. The highest BCUT2D eigenvalue weighted by Gasteiger charge is 2.41. The van der Waals surface area contributed by atoms with E-state index >= 15 is 0 Å². The molecule has 0 bridgehead atoms. The van der Waals surface area contributed by atoms with Crippen molar-refractivity contribution in [1.82, 2.24) is 4.90 Å². The summed E-state index contributed by atoms with van der Waals surface area (Å²) < 4.78 is 7.08. The summed E-state index contributed by atoms with van der Waals surface area (Å²) in [6.45, 7) is 4.62. The Morgan fingerprint density at radius 2 is 2.33 bits per heavy atom. The van der Waals surface area contributed by atoms with Gasteiger partial charge >= 0.3 is 0 Å². The van der Waals surface area contributed by atoms with Crippen molar-refractivity contribution in [2.75, 3.05) is 19.7 Å². The Bertz CT molecular complexity index is 413.